The minimum absolute atomic E-state index is 0.0410. The molecule has 1 aliphatic heterocycles. The summed E-state index contributed by atoms with van der Waals surface area (Å²) in [5.41, 5.74) is 0. The fraction of sp³-hybridized carbons (Fsp3) is 0.652. The van der Waals surface area contributed by atoms with Gasteiger partial charge in [-0.3, -0.25) is 14.4 Å². The monoisotopic (exact) mass is 1130 g/mol. The normalized spacial score (nSPS) is 18.6. The van der Waals surface area contributed by atoms with Crippen LogP contribution in [0.25, 0.3) is 0 Å². The predicted molar refractivity (Wildman–Crippen MR) is 330 cm³/mol. The molecule has 12 heteroatoms. The van der Waals surface area contributed by atoms with Crippen molar-refractivity contribution >= 4 is 23.9 Å². The van der Waals surface area contributed by atoms with E-state index in [1.807, 2.05) is 12.2 Å². The van der Waals surface area contributed by atoms with Crippen LogP contribution in [0.2, 0.25) is 0 Å². The Balaban J connectivity index is 2.71. The second kappa shape index (κ2) is 55.6. The third-order valence-electron chi connectivity index (χ3n) is 13.5. The van der Waals surface area contributed by atoms with Crippen molar-refractivity contribution in [3.8, 4) is 0 Å². The Labute approximate surface area is 490 Å². The highest BCUT2D eigenvalue weighted by Gasteiger charge is 2.50. The van der Waals surface area contributed by atoms with E-state index >= 15 is 0 Å². The van der Waals surface area contributed by atoms with Crippen LogP contribution in [0.1, 0.15) is 239 Å². The fourth-order valence-corrected chi connectivity index (χ4v) is 8.70. The molecule has 1 heterocycles. The summed E-state index contributed by atoms with van der Waals surface area (Å²) >= 11 is 0. The highest BCUT2D eigenvalue weighted by molar-refractivity contribution is 5.74. The van der Waals surface area contributed by atoms with Gasteiger partial charge in [-0.25, -0.2) is 4.79 Å². The van der Waals surface area contributed by atoms with Crippen molar-refractivity contribution in [3.63, 3.8) is 0 Å². The number of aliphatic hydroxyl groups is 2. The van der Waals surface area contributed by atoms with Gasteiger partial charge in [0.1, 0.15) is 18.8 Å². The third-order valence-corrected chi connectivity index (χ3v) is 13.5. The lowest BCUT2D eigenvalue weighted by atomic mass is 9.98. The molecule has 6 unspecified atom stereocenters. The molecule has 0 spiro atoms. The molecule has 0 aromatic carbocycles. The summed E-state index contributed by atoms with van der Waals surface area (Å²) in [5, 5.41) is 31.6. The Kier molecular flexibility index (Phi) is 50.9. The molecule has 0 bridgehead atoms. The van der Waals surface area contributed by atoms with Gasteiger partial charge in [-0.1, -0.05) is 226 Å². The summed E-state index contributed by atoms with van der Waals surface area (Å²) in [6.07, 6.45) is 64.6. The molecule has 6 atom stereocenters. The first-order chi connectivity index (χ1) is 39.6. The van der Waals surface area contributed by atoms with E-state index in [-0.39, 0.29) is 25.9 Å². The second-order valence-corrected chi connectivity index (χ2v) is 20.9. The summed E-state index contributed by atoms with van der Waals surface area (Å²) in [4.78, 5) is 51.2. The smallest absolute Gasteiger partial charge is 0.335 e. The average molecular weight is 1130 g/mol. The molecule has 458 valence electrons. The topological polar surface area (TPSA) is 175 Å². The second-order valence-electron chi connectivity index (χ2n) is 20.9. The van der Waals surface area contributed by atoms with Gasteiger partial charge in [0.05, 0.1) is 6.61 Å². The van der Waals surface area contributed by atoms with Crippen molar-refractivity contribution in [2.45, 2.75) is 276 Å². The molecule has 3 N–H and O–H groups in total. The Bertz CT molecular complexity index is 1870. The van der Waals surface area contributed by atoms with Crippen molar-refractivity contribution in [1.29, 1.82) is 0 Å². The summed E-state index contributed by atoms with van der Waals surface area (Å²) in [7, 11) is 0. The van der Waals surface area contributed by atoms with E-state index in [0.717, 1.165) is 128 Å². The van der Waals surface area contributed by atoms with Gasteiger partial charge in [0.2, 0.25) is 0 Å². The number of carbonyl (C=O) groups excluding carboxylic acids is 3. The number of rotatable bonds is 52. The number of carbonyl (C=O) groups is 4. The third kappa shape index (κ3) is 45.3. The molecule has 0 aromatic rings. The van der Waals surface area contributed by atoms with Crippen LogP contribution in [0, 0.1) is 0 Å². The Hall–Kier alpha value is -4.88. The van der Waals surface area contributed by atoms with Gasteiger partial charge in [-0.2, -0.15) is 0 Å². The van der Waals surface area contributed by atoms with Gasteiger partial charge in [0.25, 0.3) is 0 Å². The Morgan fingerprint density at radius 3 is 1.28 bits per heavy atom. The van der Waals surface area contributed by atoms with Crippen LogP contribution in [0.5, 0.6) is 0 Å². The van der Waals surface area contributed by atoms with Crippen LogP contribution in [0.3, 0.4) is 0 Å². The van der Waals surface area contributed by atoms with Crippen molar-refractivity contribution in [2.24, 2.45) is 0 Å². The fourth-order valence-electron chi connectivity index (χ4n) is 8.70. The highest BCUT2D eigenvalue weighted by Crippen LogP contribution is 2.26. The molecule has 1 rings (SSSR count). The number of esters is 3. The van der Waals surface area contributed by atoms with E-state index in [1.54, 1.807) is 0 Å². The SMILES string of the molecule is CC/C=C\C/C=C\C/C=C\C/C=C\C/C=C\C/C=C\CCC(=O)OCC(COC1OC(C(=O)O)C(O)C(O)C1OC(=O)CCCCCCCCCCC/C=C\C/C=C\CCCCC)OC(=O)CCCCCCC/C=C\C/C=C\CCC. The zero-order chi connectivity index (χ0) is 58.9. The van der Waals surface area contributed by atoms with E-state index in [1.165, 1.54) is 51.4 Å². The van der Waals surface area contributed by atoms with Crippen LogP contribution in [0.4, 0.5) is 0 Å². The minimum Gasteiger partial charge on any atom is -0.479 e. The van der Waals surface area contributed by atoms with E-state index in [4.69, 9.17) is 23.7 Å². The maximum atomic E-state index is 13.2. The maximum absolute atomic E-state index is 13.2. The molecular formula is C69H110O12. The van der Waals surface area contributed by atoms with Crippen LogP contribution < -0.4 is 0 Å². The zero-order valence-electron chi connectivity index (χ0n) is 50.5. The highest BCUT2D eigenvalue weighted by atomic mass is 16.7. The number of carboxylic acids is 1. The molecule has 1 fully saturated rings. The quantitative estimate of drug-likeness (QED) is 0.0228. The zero-order valence-corrected chi connectivity index (χ0v) is 50.5. The Morgan fingerprint density at radius 1 is 0.420 bits per heavy atom. The number of allylic oxidation sites excluding steroid dienone is 20. The summed E-state index contributed by atoms with van der Waals surface area (Å²) in [5.74, 6) is -3.27. The van der Waals surface area contributed by atoms with Gasteiger partial charge in [-0.05, 0) is 116 Å². The maximum Gasteiger partial charge on any atom is 0.335 e. The number of aliphatic hydroxyl groups excluding tert-OH is 2. The molecule has 0 radical (unpaired) electrons. The van der Waals surface area contributed by atoms with Gasteiger partial charge in [0.15, 0.2) is 24.6 Å². The lowest BCUT2D eigenvalue weighted by Gasteiger charge is -2.40. The summed E-state index contributed by atoms with van der Waals surface area (Å²) in [6.45, 7) is 5.71. The van der Waals surface area contributed by atoms with Crippen molar-refractivity contribution in [3.05, 3.63) is 122 Å². The first kappa shape index (κ1) is 74.1. The molecule has 0 saturated carbocycles. The first-order valence-corrected chi connectivity index (χ1v) is 31.5. The molecule has 0 amide bonds. The van der Waals surface area contributed by atoms with Crippen LogP contribution in [-0.4, -0.2) is 89.2 Å². The number of hydrogen-bond donors (Lipinski definition) is 3. The van der Waals surface area contributed by atoms with Crippen LogP contribution in [0.15, 0.2) is 122 Å². The molecule has 0 aliphatic carbocycles. The molecule has 0 aromatic heterocycles. The van der Waals surface area contributed by atoms with E-state index < -0.39 is 67.3 Å². The van der Waals surface area contributed by atoms with Gasteiger partial charge in [-0.15, -0.1) is 0 Å². The van der Waals surface area contributed by atoms with Crippen molar-refractivity contribution < 1.29 is 58.2 Å². The van der Waals surface area contributed by atoms with Crippen molar-refractivity contribution in [2.75, 3.05) is 13.2 Å². The molecule has 81 heavy (non-hydrogen) atoms. The first-order valence-electron chi connectivity index (χ1n) is 31.5. The number of carboxylic acid groups (broad SMARTS) is 1. The van der Waals surface area contributed by atoms with Crippen molar-refractivity contribution in [1.82, 2.24) is 0 Å². The predicted octanol–water partition coefficient (Wildman–Crippen LogP) is 16.8. The lowest BCUT2D eigenvalue weighted by molar-refractivity contribution is -0.301. The summed E-state index contributed by atoms with van der Waals surface area (Å²) in [6, 6.07) is 0. The minimum atomic E-state index is -1.92. The largest absolute Gasteiger partial charge is 0.479 e. The van der Waals surface area contributed by atoms with Gasteiger partial charge in [0, 0.05) is 19.3 Å². The van der Waals surface area contributed by atoms with E-state index in [0.29, 0.717) is 19.3 Å². The molecule has 12 nitrogen and oxygen atoms in total. The standard InChI is InChI=1S/C69H110O12/c1-4-7-10-13-16-19-22-25-27-29-31-33-35-38-40-43-46-49-52-55-61(70)77-58-60(79-62(71)56-53-50-47-44-41-37-24-21-18-15-12-9-6-3)59-78-69-67(65(74)64(73)66(81-69)68(75)76)80-63(72)57-54-51-48-45-42-39-36-34-32-30-28-26-23-20-17-14-11-8-5-2/h7,10,12,15-17,19-21,24-28,31,33,38,40,46,49,60,64-67,69,73-74H,4-6,8-9,11,13-14,18,22-23,29-30,32,34-37,39,41-45,47-48,50-59H2,1-3H3,(H,75,76)/b10-7-,15-12-,19-16-,20-17-,24-21-,27-25-,28-26-,33-31-,40-38-,49-46-. The number of hydrogen-bond acceptors (Lipinski definition) is 11. The Morgan fingerprint density at radius 2 is 0.827 bits per heavy atom. The van der Waals surface area contributed by atoms with Crippen LogP contribution in [-0.2, 0) is 42.9 Å². The molecule has 1 saturated heterocycles. The average Bonchev–Trinajstić information content (AvgIpc) is 3.45. The lowest BCUT2D eigenvalue weighted by Crippen LogP contribution is -2.61. The van der Waals surface area contributed by atoms with Crippen LogP contribution >= 0.6 is 0 Å². The summed E-state index contributed by atoms with van der Waals surface area (Å²) < 4.78 is 28.4. The number of aliphatic carboxylic acids is 1. The van der Waals surface area contributed by atoms with E-state index in [9.17, 15) is 34.5 Å². The molecular weight excluding hydrogens is 1020 g/mol. The van der Waals surface area contributed by atoms with E-state index in [2.05, 4.69) is 130 Å². The number of ether oxygens (including phenoxy) is 5. The van der Waals surface area contributed by atoms with Gasteiger partial charge < -0.3 is 39.0 Å². The molecule has 1 aliphatic rings. The number of unbranched alkanes of at least 4 members (excludes halogenated alkanes) is 18. The van der Waals surface area contributed by atoms with Gasteiger partial charge >= 0.3 is 23.9 Å².